The number of likely N-dealkylation sites (N-methyl/N-ethyl adjacent to an activating group) is 1. The molecular weight excluding hydrogens is 238 g/mol. The summed E-state index contributed by atoms with van der Waals surface area (Å²) in [6, 6.07) is 2.79. The van der Waals surface area contributed by atoms with Gasteiger partial charge in [-0.05, 0) is 47.0 Å². The number of aryl methyl sites for hydroxylation is 1. The van der Waals surface area contributed by atoms with Crippen molar-refractivity contribution in [1.82, 2.24) is 15.1 Å². The molecule has 1 aliphatic heterocycles. The van der Waals surface area contributed by atoms with Crippen LogP contribution < -0.4 is 5.32 Å². The minimum Gasteiger partial charge on any atom is -0.465 e. The van der Waals surface area contributed by atoms with Crippen LogP contribution in [0.3, 0.4) is 0 Å². The quantitative estimate of drug-likeness (QED) is 0.900. The fraction of sp³-hybridized carbons (Fsp3) is 0.733. The fourth-order valence-corrected chi connectivity index (χ4v) is 2.89. The third-order valence-corrected chi connectivity index (χ3v) is 3.98. The molecule has 1 saturated heterocycles. The van der Waals surface area contributed by atoms with Crippen molar-refractivity contribution < 1.29 is 4.42 Å². The summed E-state index contributed by atoms with van der Waals surface area (Å²) in [6.45, 7) is 9.67. The van der Waals surface area contributed by atoms with Crippen LogP contribution >= 0.6 is 0 Å². The SMILES string of the molecule is CNCc1cc(CN2CCCN(C)CC2C)oc1C. The molecule has 19 heavy (non-hydrogen) atoms. The van der Waals surface area contributed by atoms with Gasteiger partial charge in [0.2, 0.25) is 0 Å². The van der Waals surface area contributed by atoms with Crippen LogP contribution in [0.5, 0.6) is 0 Å². The van der Waals surface area contributed by atoms with Crippen LogP contribution in [0.4, 0.5) is 0 Å². The maximum absolute atomic E-state index is 5.89. The van der Waals surface area contributed by atoms with Gasteiger partial charge in [0.05, 0.1) is 6.54 Å². The summed E-state index contributed by atoms with van der Waals surface area (Å²) in [6.07, 6.45) is 1.24. The molecule has 0 radical (unpaired) electrons. The second-order valence-electron chi connectivity index (χ2n) is 5.76. The lowest BCUT2D eigenvalue weighted by Crippen LogP contribution is -2.37. The van der Waals surface area contributed by atoms with Crippen LogP contribution in [0.15, 0.2) is 10.5 Å². The maximum Gasteiger partial charge on any atom is 0.118 e. The summed E-state index contributed by atoms with van der Waals surface area (Å²) in [5.41, 5.74) is 1.28. The van der Waals surface area contributed by atoms with Gasteiger partial charge in [-0.15, -0.1) is 0 Å². The van der Waals surface area contributed by atoms with E-state index in [4.69, 9.17) is 4.42 Å². The second-order valence-corrected chi connectivity index (χ2v) is 5.76. The molecule has 0 saturated carbocycles. The van der Waals surface area contributed by atoms with Crippen molar-refractivity contribution >= 4 is 0 Å². The van der Waals surface area contributed by atoms with Crippen LogP contribution in [-0.4, -0.2) is 49.6 Å². The predicted octanol–water partition coefficient (Wildman–Crippen LogP) is 1.83. The van der Waals surface area contributed by atoms with E-state index in [2.05, 4.69) is 42.1 Å². The van der Waals surface area contributed by atoms with Crippen LogP contribution in [-0.2, 0) is 13.1 Å². The monoisotopic (exact) mass is 265 g/mol. The molecule has 2 heterocycles. The Bertz CT molecular complexity index is 402. The highest BCUT2D eigenvalue weighted by molar-refractivity contribution is 5.20. The van der Waals surface area contributed by atoms with E-state index in [9.17, 15) is 0 Å². The lowest BCUT2D eigenvalue weighted by atomic mass is 10.2. The fourth-order valence-electron chi connectivity index (χ4n) is 2.89. The molecule has 1 fully saturated rings. The molecule has 0 aliphatic carbocycles. The average molecular weight is 265 g/mol. The number of hydrogen-bond acceptors (Lipinski definition) is 4. The molecule has 0 aromatic carbocycles. The van der Waals surface area contributed by atoms with E-state index in [1.165, 1.54) is 18.5 Å². The van der Waals surface area contributed by atoms with Gasteiger partial charge >= 0.3 is 0 Å². The van der Waals surface area contributed by atoms with Gasteiger partial charge in [0.1, 0.15) is 11.5 Å². The zero-order valence-electron chi connectivity index (χ0n) is 12.7. The largest absolute Gasteiger partial charge is 0.465 e. The summed E-state index contributed by atoms with van der Waals surface area (Å²) in [4.78, 5) is 4.95. The first-order chi connectivity index (χ1) is 9.10. The van der Waals surface area contributed by atoms with Crippen LogP contribution in [0, 0.1) is 6.92 Å². The van der Waals surface area contributed by atoms with Crippen molar-refractivity contribution in [3.8, 4) is 0 Å². The first-order valence-electron chi connectivity index (χ1n) is 7.25. The molecule has 4 nitrogen and oxygen atoms in total. The number of nitrogens with one attached hydrogen (secondary N) is 1. The van der Waals surface area contributed by atoms with E-state index in [1.807, 2.05) is 7.05 Å². The number of rotatable bonds is 4. The number of hydrogen-bond donors (Lipinski definition) is 1. The summed E-state index contributed by atoms with van der Waals surface area (Å²) in [5.74, 6) is 2.14. The average Bonchev–Trinajstić information content (AvgIpc) is 2.60. The van der Waals surface area contributed by atoms with E-state index in [1.54, 1.807) is 0 Å². The molecule has 1 aromatic heterocycles. The zero-order chi connectivity index (χ0) is 13.8. The third kappa shape index (κ3) is 3.81. The Morgan fingerprint density at radius 3 is 2.95 bits per heavy atom. The van der Waals surface area contributed by atoms with Gasteiger partial charge in [-0.2, -0.15) is 0 Å². The Labute approximate surface area is 116 Å². The standard InChI is InChI=1S/C15H27N3O/c1-12-10-17(4)6-5-7-18(12)11-15-8-14(9-16-3)13(2)19-15/h8,12,16H,5-7,9-11H2,1-4H3. The molecular formula is C15H27N3O. The molecule has 0 amide bonds. The smallest absolute Gasteiger partial charge is 0.118 e. The first-order valence-corrected chi connectivity index (χ1v) is 7.25. The summed E-state index contributed by atoms with van der Waals surface area (Å²) in [7, 11) is 4.18. The molecule has 1 aromatic rings. The number of furan rings is 1. The third-order valence-electron chi connectivity index (χ3n) is 3.98. The van der Waals surface area contributed by atoms with Crippen LogP contribution in [0.1, 0.15) is 30.4 Å². The molecule has 1 aliphatic rings. The molecule has 1 unspecified atom stereocenters. The molecule has 108 valence electrons. The minimum atomic E-state index is 0.589. The Kier molecular flexibility index (Phi) is 5.02. The highest BCUT2D eigenvalue weighted by Gasteiger charge is 2.21. The van der Waals surface area contributed by atoms with Crippen molar-refractivity contribution in [2.45, 2.75) is 39.4 Å². The molecule has 2 rings (SSSR count). The summed E-state index contributed by atoms with van der Waals surface area (Å²) < 4.78 is 5.89. The Balaban J connectivity index is 2.01. The van der Waals surface area contributed by atoms with Crippen molar-refractivity contribution in [3.05, 3.63) is 23.2 Å². The van der Waals surface area contributed by atoms with Crippen molar-refractivity contribution in [3.63, 3.8) is 0 Å². The minimum absolute atomic E-state index is 0.589. The normalized spacial score (nSPS) is 22.6. The van der Waals surface area contributed by atoms with Gasteiger partial charge in [0.15, 0.2) is 0 Å². The van der Waals surface area contributed by atoms with Gasteiger partial charge in [-0.3, -0.25) is 4.90 Å². The van der Waals surface area contributed by atoms with Crippen molar-refractivity contribution in [2.75, 3.05) is 33.7 Å². The molecule has 4 heteroatoms. The summed E-state index contributed by atoms with van der Waals surface area (Å²) in [5, 5.41) is 3.19. The van der Waals surface area contributed by atoms with Crippen LogP contribution in [0.25, 0.3) is 0 Å². The zero-order valence-corrected chi connectivity index (χ0v) is 12.7. The highest BCUT2D eigenvalue weighted by Crippen LogP contribution is 2.18. The van der Waals surface area contributed by atoms with Gasteiger partial charge in [-0.25, -0.2) is 0 Å². The van der Waals surface area contributed by atoms with E-state index >= 15 is 0 Å². The predicted molar refractivity (Wildman–Crippen MR) is 78.2 cm³/mol. The highest BCUT2D eigenvalue weighted by atomic mass is 16.3. The number of nitrogens with zero attached hydrogens (tertiary/aromatic N) is 2. The molecule has 0 spiro atoms. The molecule has 0 bridgehead atoms. The van der Waals surface area contributed by atoms with Gasteiger partial charge < -0.3 is 14.6 Å². The maximum atomic E-state index is 5.89. The van der Waals surface area contributed by atoms with Crippen molar-refractivity contribution in [1.29, 1.82) is 0 Å². The van der Waals surface area contributed by atoms with Gasteiger partial charge in [0, 0.05) is 31.2 Å². The lowest BCUT2D eigenvalue weighted by molar-refractivity contribution is 0.181. The van der Waals surface area contributed by atoms with Gasteiger partial charge in [0.25, 0.3) is 0 Å². The Morgan fingerprint density at radius 1 is 1.42 bits per heavy atom. The van der Waals surface area contributed by atoms with E-state index in [-0.39, 0.29) is 0 Å². The summed E-state index contributed by atoms with van der Waals surface area (Å²) >= 11 is 0. The van der Waals surface area contributed by atoms with E-state index in [0.717, 1.165) is 37.7 Å². The topological polar surface area (TPSA) is 31.6 Å². The molecule has 1 atom stereocenters. The van der Waals surface area contributed by atoms with Gasteiger partial charge in [-0.1, -0.05) is 0 Å². The Hall–Kier alpha value is -0.840. The van der Waals surface area contributed by atoms with Crippen molar-refractivity contribution in [2.24, 2.45) is 0 Å². The first kappa shape index (κ1) is 14.6. The van der Waals surface area contributed by atoms with E-state index < -0.39 is 0 Å². The van der Waals surface area contributed by atoms with E-state index in [0.29, 0.717) is 6.04 Å². The molecule has 1 N–H and O–H groups in total. The van der Waals surface area contributed by atoms with Crippen LogP contribution in [0.2, 0.25) is 0 Å². The lowest BCUT2D eigenvalue weighted by Gasteiger charge is -2.26. The Morgan fingerprint density at radius 2 is 2.21 bits per heavy atom. The second kappa shape index (κ2) is 6.55.